The molecule has 0 bridgehead atoms. The molecule has 1 aliphatic rings. The van der Waals surface area contributed by atoms with Crippen molar-refractivity contribution in [3.05, 3.63) is 28.4 Å². The Morgan fingerprint density at radius 1 is 1.10 bits per heavy atom. The van der Waals surface area contributed by atoms with E-state index in [2.05, 4.69) is 28.8 Å². The number of hydrogen-bond acceptors (Lipinski definition) is 9. The third-order valence-corrected chi connectivity index (χ3v) is 6.44. The summed E-state index contributed by atoms with van der Waals surface area (Å²) in [6, 6.07) is 3.59. The number of morpholine rings is 1. The van der Waals surface area contributed by atoms with Crippen LogP contribution >= 0.6 is 11.3 Å². The fourth-order valence-corrected chi connectivity index (χ4v) is 5.40. The van der Waals surface area contributed by atoms with Crippen molar-refractivity contribution >= 4 is 16.3 Å². The summed E-state index contributed by atoms with van der Waals surface area (Å²) in [7, 11) is 4.77. The summed E-state index contributed by atoms with van der Waals surface area (Å²) in [5.41, 5.74) is 0.910. The van der Waals surface area contributed by atoms with Crippen LogP contribution in [0.2, 0.25) is 0 Å². The highest BCUT2D eigenvalue weighted by atomic mass is 32.1. The highest BCUT2D eigenvalue weighted by molar-refractivity contribution is 7.17. The van der Waals surface area contributed by atoms with E-state index >= 15 is 0 Å². The van der Waals surface area contributed by atoms with E-state index in [1.165, 1.54) is 15.9 Å². The standard InChI is InChI=1S/C21H28N4O5S/c1-11-9-24(10-12(2)30-11)17(19-20(26)25-21(31-19)22-13(3)23-25)14-7-15(27-4)18(29-6)16(8-14)28-5/h7-8,11-12,17,26H,9-10H2,1-6H3/t11-,12-,17-/m1/s1. The zero-order valence-corrected chi connectivity index (χ0v) is 19.4. The molecule has 31 heavy (non-hydrogen) atoms. The number of aromatic hydroxyl groups is 1. The van der Waals surface area contributed by atoms with Crippen LogP contribution in [0.3, 0.4) is 0 Å². The molecule has 1 N–H and O–H groups in total. The Hall–Kier alpha value is -2.56. The molecule has 3 atom stereocenters. The second-order valence-electron chi connectivity index (χ2n) is 7.72. The summed E-state index contributed by atoms with van der Waals surface area (Å²) in [5.74, 6) is 2.35. The zero-order chi connectivity index (χ0) is 22.3. The molecule has 1 aliphatic heterocycles. The summed E-state index contributed by atoms with van der Waals surface area (Å²) >= 11 is 1.42. The Morgan fingerprint density at radius 3 is 2.23 bits per heavy atom. The van der Waals surface area contributed by atoms with Crippen LogP contribution in [-0.2, 0) is 4.74 Å². The lowest BCUT2D eigenvalue weighted by molar-refractivity contribution is -0.0764. The summed E-state index contributed by atoms with van der Waals surface area (Å²) in [6.45, 7) is 7.33. The van der Waals surface area contributed by atoms with Crippen molar-refractivity contribution in [3.8, 4) is 23.1 Å². The Labute approximate surface area is 185 Å². The Bertz CT molecular complexity index is 1050. The maximum absolute atomic E-state index is 11.1. The lowest BCUT2D eigenvalue weighted by atomic mass is 10.0. The van der Waals surface area contributed by atoms with Gasteiger partial charge in [0.15, 0.2) is 11.5 Å². The summed E-state index contributed by atoms with van der Waals surface area (Å²) in [6.07, 6.45) is 0.111. The lowest BCUT2D eigenvalue weighted by Crippen LogP contribution is -2.47. The molecule has 3 aromatic rings. The fourth-order valence-electron chi connectivity index (χ4n) is 4.24. The molecule has 10 heteroatoms. The van der Waals surface area contributed by atoms with Gasteiger partial charge in [0.2, 0.25) is 16.6 Å². The number of methoxy groups -OCH3 is 3. The van der Waals surface area contributed by atoms with Gasteiger partial charge in [0.05, 0.1) is 44.5 Å². The van der Waals surface area contributed by atoms with Gasteiger partial charge in [-0.15, -0.1) is 5.10 Å². The van der Waals surface area contributed by atoms with Crippen LogP contribution < -0.4 is 14.2 Å². The van der Waals surface area contributed by atoms with Gasteiger partial charge >= 0.3 is 0 Å². The molecule has 0 radical (unpaired) electrons. The number of ether oxygens (including phenoxy) is 4. The molecular formula is C21H28N4O5S. The molecule has 1 aromatic carbocycles. The molecule has 0 amide bonds. The van der Waals surface area contributed by atoms with E-state index < -0.39 is 0 Å². The van der Waals surface area contributed by atoms with Crippen molar-refractivity contribution in [1.29, 1.82) is 0 Å². The van der Waals surface area contributed by atoms with E-state index in [9.17, 15) is 5.11 Å². The molecule has 3 heterocycles. The average Bonchev–Trinajstić information content (AvgIpc) is 3.24. The third kappa shape index (κ3) is 3.90. The van der Waals surface area contributed by atoms with Crippen molar-refractivity contribution < 1.29 is 24.1 Å². The largest absolute Gasteiger partial charge is 0.493 e. The van der Waals surface area contributed by atoms with Crippen LogP contribution in [0.15, 0.2) is 12.1 Å². The van der Waals surface area contributed by atoms with E-state index in [1.54, 1.807) is 28.3 Å². The van der Waals surface area contributed by atoms with Crippen LogP contribution in [0.1, 0.15) is 36.2 Å². The molecule has 0 unspecified atom stereocenters. The van der Waals surface area contributed by atoms with Gasteiger partial charge in [0.25, 0.3) is 0 Å². The first kappa shape index (κ1) is 21.7. The molecule has 1 fully saturated rings. The maximum Gasteiger partial charge on any atom is 0.230 e. The number of benzene rings is 1. The molecule has 0 saturated carbocycles. The normalized spacial score (nSPS) is 20.7. The Kier molecular flexibility index (Phi) is 5.96. The quantitative estimate of drug-likeness (QED) is 0.615. The molecular weight excluding hydrogens is 420 g/mol. The zero-order valence-electron chi connectivity index (χ0n) is 18.6. The number of aryl methyl sites for hydroxylation is 1. The Balaban J connectivity index is 1.90. The Morgan fingerprint density at radius 2 is 1.71 bits per heavy atom. The molecule has 0 aliphatic carbocycles. The van der Waals surface area contributed by atoms with Gasteiger partial charge in [-0.2, -0.15) is 4.52 Å². The van der Waals surface area contributed by atoms with E-state index in [0.29, 0.717) is 41.1 Å². The van der Waals surface area contributed by atoms with E-state index in [1.807, 2.05) is 12.1 Å². The monoisotopic (exact) mass is 448 g/mol. The van der Waals surface area contributed by atoms with E-state index in [0.717, 1.165) is 10.4 Å². The first-order chi connectivity index (χ1) is 14.9. The molecule has 2 aromatic heterocycles. The van der Waals surface area contributed by atoms with Crippen molar-refractivity contribution in [2.45, 2.75) is 39.0 Å². The highest BCUT2D eigenvalue weighted by Gasteiger charge is 2.35. The van der Waals surface area contributed by atoms with Crippen LogP contribution in [0.5, 0.6) is 23.1 Å². The SMILES string of the molecule is COc1cc([C@H](c2sc3nc(C)nn3c2O)N2C[C@@H](C)O[C@H](C)C2)cc(OC)c1OC. The summed E-state index contributed by atoms with van der Waals surface area (Å²) in [4.78, 5) is 8.15. The van der Waals surface area contributed by atoms with Gasteiger partial charge in [-0.3, -0.25) is 4.90 Å². The first-order valence-electron chi connectivity index (χ1n) is 10.1. The molecule has 1 saturated heterocycles. The van der Waals surface area contributed by atoms with E-state index in [4.69, 9.17) is 18.9 Å². The van der Waals surface area contributed by atoms with Crippen molar-refractivity contribution in [1.82, 2.24) is 19.5 Å². The van der Waals surface area contributed by atoms with Gasteiger partial charge in [0, 0.05) is 13.1 Å². The summed E-state index contributed by atoms with van der Waals surface area (Å²) in [5, 5.41) is 15.4. The minimum atomic E-state index is -0.267. The van der Waals surface area contributed by atoms with Gasteiger partial charge in [-0.05, 0) is 38.5 Å². The molecule has 168 valence electrons. The van der Waals surface area contributed by atoms with Gasteiger partial charge in [-0.1, -0.05) is 11.3 Å². The average molecular weight is 449 g/mol. The topological polar surface area (TPSA) is 90.6 Å². The van der Waals surface area contributed by atoms with Crippen LogP contribution in [-0.4, -0.2) is 71.2 Å². The minimum Gasteiger partial charge on any atom is -0.493 e. The smallest absolute Gasteiger partial charge is 0.230 e. The number of thiazole rings is 1. The summed E-state index contributed by atoms with van der Waals surface area (Å²) < 4.78 is 24.1. The lowest BCUT2D eigenvalue weighted by Gasteiger charge is -2.40. The van der Waals surface area contributed by atoms with Crippen LogP contribution in [0, 0.1) is 6.92 Å². The maximum atomic E-state index is 11.1. The second kappa shape index (κ2) is 8.52. The number of aromatic nitrogens is 3. The molecule has 0 spiro atoms. The number of rotatable bonds is 6. The highest BCUT2D eigenvalue weighted by Crippen LogP contribution is 2.46. The van der Waals surface area contributed by atoms with E-state index in [-0.39, 0.29) is 24.1 Å². The van der Waals surface area contributed by atoms with Crippen molar-refractivity contribution in [2.24, 2.45) is 0 Å². The predicted octanol–water partition coefficient (Wildman–Crippen LogP) is 3.03. The number of nitrogens with zero attached hydrogens (tertiary/aromatic N) is 4. The number of hydrogen-bond donors (Lipinski definition) is 1. The first-order valence-corrected chi connectivity index (χ1v) is 10.9. The van der Waals surface area contributed by atoms with Gasteiger partial charge < -0.3 is 24.1 Å². The predicted molar refractivity (Wildman–Crippen MR) is 117 cm³/mol. The molecule has 9 nitrogen and oxygen atoms in total. The fraction of sp³-hybridized carbons (Fsp3) is 0.524. The van der Waals surface area contributed by atoms with Crippen LogP contribution in [0.4, 0.5) is 0 Å². The second-order valence-corrected chi connectivity index (χ2v) is 8.72. The molecule has 4 rings (SSSR count). The number of fused-ring (bicyclic) bond motifs is 1. The minimum absolute atomic E-state index is 0.0554. The van der Waals surface area contributed by atoms with Crippen molar-refractivity contribution in [2.75, 3.05) is 34.4 Å². The van der Waals surface area contributed by atoms with Gasteiger partial charge in [-0.25, -0.2) is 4.98 Å². The van der Waals surface area contributed by atoms with Crippen LogP contribution in [0.25, 0.3) is 4.96 Å². The third-order valence-electron chi connectivity index (χ3n) is 5.37. The van der Waals surface area contributed by atoms with Crippen molar-refractivity contribution in [3.63, 3.8) is 0 Å². The van der Waals surface area contributed by atoms with Gasteiger partial charge in [0.1, 0.15) is 5.82 Å².